The van der Waals surface area contributed by atoms with Gasteiger partial charge in [0.1, 0.15) is 0 Å². The topological polar surface area (TPSA) is 58.2 Å². The molecule has 0 saturated carbocycles. The van der Waals surface area contributed by atoms with Crippen molar-refractivity contribution >= 4 is 10.0 Å². The Hall–Kier alpha value is -0.130. The quantitative estimate of drug-likeness (QED) is 0.592. The number of sulfonamides is 1. The van der Waals surface area contributed by atoms with E-state index in [1.165, 1.54) is 0 Å². The molecule has 0 fully saturated rings. The van der Waals surface area contributed by atoms with Crippen LogP contribution >= 0.6 is 0 Å². The van der Waals surface area contributed by atoms with E-state index in [-0.39, 0.29) is 11.8 Å². The average Bonchev–Trinajstić information content (AvgIpc) is 2.03. The normalized spacial score (nSPS) is 14.4. The van der Waals surface area contributed by atoms with Crippen LogP contribution in [0, 0.1) is 0 Å². The van der Waals surface area contributed by atoms with Crippen LogP contribution in [0.15, 0.2) is 0 Å². The van der Waals surface area contributed by atoms with E-state index >= 15 is 0 Å². The summed E-state index contributed by atoms with van der Waals surface area (Å²) in [5.41, 5.74) is 0. The molecule has 0 aliphatic carbocycles. The van der Waals surface area contributed by atoms with Gasteiger partial charge in [-0.3, -0.25) is 0 Å². The van der Waals surface area contributed by atoms with Gasteiger partial charge in [0.05, 0.1) is 5.75 Å². The molecule has 80 valence electrons. The van der Waals surface area contributed by atoms with Crippen molar-refractivity contribution in [3.8, 4) is 0 Å². The summed E-state index contributed by atoms with van der Waals surface area (Å²) in [6, 6.07) is 0.0413. The predicted molar refractivity (Wildman–Crippen MR) is 55.2 cm³/mol. The Balaban J connectivity index is 3.81. The highest BCUT2D eigenvalue weighted by Gasteiger charge is 2.11. The summed E-state index contributed by atoms with van der Waals surface area (Å²) >= 11 is 0. The lowest BCUT2D eigenvalue weighted by Gasteiger charge is -2.11. The Morgan fingerprint density at radius 2 is 2.00 bits per heavy atom. The lowest BCUT2D eigenvalue weighted by atomic mass is 10.3. The summed E-state index contributed by atoms with van der Waals surface area (Å²) in [5.74, 6) is 0.207. The molecule has 0 amide bonds. The molecule has 0 radical (unpaired) electrons. The largest absolute Gasteiger partial charge is 0.320 e. The van der Waals surface area contributed by atoms with Gasteiger partial charge in [0, 0.05) is 6.04 Å². The first-order valence-corrected chi connectivity index (χ1v) is 6.31. The van der Waals surface area contributed by atoms with Gasteiger partial charge in [-0.1, -0.05) is 6.92 Å². The van der Waals surface area contributed by atoms with Crippen LogP contribution in [-0.2, 0) is 10.0 Å². The van der Waals surface area contributed by atoms with Gasteiger partial charge >= 0.3 is 0 Å². The van der Waals surface area contributed by atoms with Gasteiger partial charge in [-0.05, 0) is 33.4 Å². The van der Waals surface area contributed by atoms with Crippen LogP contribution in [0.2, 0.25) is 0 Å². The molecule has 0 aromatic rings. The zero-order valence-electron chi connectivity index (χ0n) is 8.63. The lowest BCUT2D eigenvalue weighted by Crippen LogP contribution is -2.34. The Labute approximate surface area is 81.2 Å². The van der Waals surface area contributed by atoms with Crippen molar-refractivity contribution in [3.05, 3.63) is 0 Å². The maximum absolute atomic E-state index is 11.3. The second-order valence-electron chi connectivity index (χ2n) is 3.20. The third-order valence-corrected chi connectivity index (χ3v) is 3.42. The number of hydrogen-bond acceptors (Lipinski definition) is 3. The second kappa shape index (κ2) is 6.34. The molecule has 0 aromatic carbocycles. The smallest absolute Gasteiger partial charge is 0.211 e. The zero-order valence-corrected chi connectivity index (χ0v) is 9.45. The molecular formula is C8H20N2O2S. The molecule has 1 atom stereocenters. The van der Waals surface area contributed by atoms with Crippen molar-refractivity contribution in [3.63, 3.8) is 0 Å². The third-order valence-electron chi connectivity index (χ3n) is 1.83. The summed E-state index contributed by atoms with van der Waals surface area (Å²) in [6.07, 6.45) is 1.48. The molecule has 5 heteroatoms. The Kier molecular flexibility index (Phi) is 6.28. The fraction of sp³-hybridized carbons (Fsp3) is 1.00. The fourth-order valence-corrected chi connectivity index (χ4v) is 2.31. The Bertz CT molecular complexity index is 214. The van der Waals surface area contributed by atoms with Crippen molar-refractivity contribution in [1.29, 1.82) is 0 Å². The number of nitrogens with one attached hydrogen (secondary N) is 2. The van der Waals surface area contributed by atoms with Crippen LogP contribution in [0.3, 0.4) is 0 Å². The maximum Gasteiger partial charge on any atom is 0.211 e. The van der Waals surface area contributed by atoms with Crippen LogP contribution < -0.4 is 10.0 Å². The summed E-state index contributed by atoms with van der Waals surface area (Å²) in [7, 11) is -1.24. The second-order valence-corrected chi connectivity index (χ2v) is 5.08. The number of rotatable bonds is 7. The van der Waals surface area contributed by atoms with Gasteiger partial charge in [0.15, 0.2) is 0 Å². The summed E-state index contributed by atoms with van der Waals surface area (Å²) in [5, 5.41) is 2.92. The van der Waals surface area contributed by atoms with E-state index in [4.69, 9.17) is 0 Å². The third kappa shape index (κ3) is 6.98. The standard InChI is InChI=1S/C8H20N2O2S/c1-4-8(2)10-13(11,12)7-5-6-9-3/h8-10H,4-7H2,1-3H3. The van der Waals surface area contributed by atoms with Crippen LogP contribution in [0.1, 0.15) is 26.7 Å². The first kappa shape index (κ1) is 12.9. The van der Waals surface area contributed by atoms with Crippen LogP contribution in [-0.4, -0.2) is 33.8 Å². The van der Waals surface area contributed by atoms with Gasteiger partial charge in [0.2, 0.25) is 10.0 Å². The highest BCUT2D eigenvalue weighted by Crippen LogP contribution is 1.95. The molecular weight excluding hydrogens is 188 g/mol. The Morgan fingerprint density at radius 1 is 1.38 bits per heavy atom. The number of hydrogen-bond donors (Lipinski definition) is 2. The van der Waals surface area contributed by atoms with E-state index in [0.717, 1.165) is 13.0 Å². The first-order valence-electron chi connectivity index (χ1n) is 4.66. The molecule has 0 heterocycles. The van der Waals surface area contributed by atoms with Crippen molar-refractivity contribution in [2.45, 2.75) is 32.7 Å². The minimum atomic E-state index is -3.06. The SMILES string of the molecule is CCC(C)NS(=O)(=O)CCCNC. The molecule has 4 nitrogen and oxygen atoms in total. The van der Waals surface area contributed by atoms with E-state index in [0.29, 0.717) is 6.42 Å². The zero-order chi connectivity index (χ0) is 10.3. The van der Waals surface area contributed by atoms with Crippen molar-refractivity contribution in [2.75, 3.05) is 19.3 Å². The molecule has 1 unspecified atom stereocenters. The molecule has 0 bridgehead atoms. The molecule has 0 saturated heterocycles. The average molecular weight is 208 g/mol. The van der Waals surface area contributed by atoms with E-state index in [2.05, 4.69) is 10.0 Å². The summed E-state index contributed by atoms with van der Waals surface area (Å²) in [4.78, 5) is 0. The summed E-state index contributed by atoms with van der Waals surface area (Å²) < 4.78 is 25.3. The lowest BCUT2D eigenvalue weighted by molar-refractivity contribution is 0.552. The van der Waals surface area contributed by atoms with Gasteiger partial charge in [-0.15, -0.1) is 0 Å². The molecule has 0 aliphatic heterocycles. The fourth-order valence-electron chi connectivity index (χ4n) is 0.888. The van der Waals surface area contributed by atoms with Crippen LogP contribution in [0.4, 0.5) is 0 Å². The highest BCUT2D eigenvalue weighted by atomic mass is 32.2. The van der Waals surface area contributed by atoms with Gasteiger partial charge in [0.25, 0.3) is 0 Å². The first-order chi connectivity index (χ1) is 6.02. The van der Waals surface area contributed by atoms with E-state index < -0.39 is 10.0 Å². The van der Waals surface area contributed by atoms with Crippen molar-refractivity contribution in [2.24, 2.45) is 0 Å². The predicted octanol–water partition coefficient (Wildman–Crippen LogP) is 0.314. The van der Waals surface area contributed by atoms with Crippen LogP contribution in [0.25, 0.3) is 0 Å². The van der Waals surface area contributed by atoms with E-state index in [1.807, 2.05) is 20.9 Å². The summed E-state index contributed by atoms with van der Waals surface area (Å²) in [6.45, 7) is 4.57. The minimum Gasteiger partial charge on any atom is -0.320 e. The molecule has 0 spiro atoms. The van der Waals surface area contributed by atoms with E-state index in [1.54, 1.807) is 0 Å². The van der Waals surface area contributed by atoms with Gasteiger partial charge in [-0.2, -0.15) is 0 Å². The maximum atomic E-state index is 11.3. The van der Waals surface area contributed by atoms with E-state index in [9.17, 15) is 8.42 Å². The molecule has 0 aliphatic rings. The minimum absolute atomic E-state index is 0.0413. The molecule has 2 N–H and O–H groups in total. The molecule has 13 heavy (non-hydrogen) atoms. The Morgan fingerprint density at radius 3 is 2.46 bits per heavy atom. The molecule has 0 aromatic heterocycles. The van der Waals surface area contributed by atoms with Gasteiger partial charge in [-0.25, -0.2) is 13.1 Å². The molecule has 0 rings (SSSR count). The van der Waals surface area contributed by atoms with Crippen LogP contribution in [0.5, 0.6) is 0 Å². The monoisotopic (exact) mass is 208 g/mol. The van der Waals surface area contributed by atoms with Gasteiger partial charge < -0.3 is 5.32 Å². The van der Waals surface area contributed by atoms with Crippen molar-refractivity contribution < 1.29 is 8.42 Å². The van der Waals surface area contributed by atoms with Crippen molar-refractivity contribution in [1.82, 2.24) is 10.0 Å². The highest BCUT2D eigenvalue weighted by molar-refractivity contribution is 7.89.